The molecule has 0 aliphatic heterocycles. The van der Waals surface area contributed by atoms with E-state index in [1.54, 1.807) is 0 Å². The summed E-state index contributed by atoms with van der Waals surface area (Å²) in [4.78, 5) is 9.35. The normalized spacial score (nSPS) is 10.4. The third kappa shape index (κ3) is 8.61. The summed E-state index contributed by atoms with van der Waals surface area (Å²) < 4.78 is 0. The van der Waals surface area contributed by atoms with Crippen LogP contribution in [0.5, 0.6) is 0 Å². The molecule has 1 heterocycles. The van der Waals surface area contributed by atoms with E-state index in [0.29, 0.717) is 10.8 Å². The van der Waals surface area contributed by atoms with Crippen molar-refractivity contribution in [2.24, 2.45) is 5.73 Å². The predicted octanol–water partition coefficient (Wildman–Crippen LogP) is 5.36. The van der Waals surface area contributed by atoms with Crippen molar-refractivity contribution < 1.29 is 0 Å². The van der Waals surface area contributed by atoms with Crippen LogP contribution < -0.4 is 16.4 Å². The number of halogens is 3. The molecule has 0 atom stereocenters. The highest BCUT2D eigenvalue weighted by atomic mass is 35.5. The van der Waals surface area contributed by atoms with Gasteiger partial charge in [0.1, 0.15) is 5.82 Å². The number of unbranched alkanes of at least 4 members (excludes halogenated alkanes) is 2. The molecule has 0 aliphatic rings. The Hall–Kier alpha value is -2.54. The number of aromatic nitrogens is 2. The summed E-state index contributed by atoms with van der Waals surface area (Å²) >= 11 is 5.94. The third-order valence-electron chi connectivity index (χ3n) is 4.38. The molecule has 166 valence electrons. The standard InChI is InChI=1S/C22H25ClN6.2ClH/c23-17-11-8-16(9-12-17)10-13-20-28-19-7-3-2-6-18(19)21(29-20)26-14-4-1-5-15-27-22(24)25;;/h2-3,6-13H,1,4-5,14-15H2,(H4,24,25,27)(H,26,28,29);2*1H. The average Bonchev–Trinajstić information content (AvgIpc) is 2.72. The van der Waals surface area contributed by atoms with Crippen molar-refractivity contribution in [1.82, 2.24) is 15.3 Å². The second-order valence-corrected chi connectivity index (χ2v) is 7.10. The molecule has 5 N–H and O–H groups in total. The van der Waals surface area contributed by atoms with Crippen molar-refractivity contribution in [1.29, 1.82) is 5.41 Å². The Kier molecular flexibility index (Phi) is 11.7. The summed E-state index contributed by atoms with van der Waals surface area (Å²) in [6, 6.07) is 15.6. The summed E-state index contributed by atoms with van der Waals surface area (Å²) in [5.74, 6) is 1.52. The van der Waals surface area contributed by atoms with E-state index >= 15 is 0 Å². The number of hydrogen-bond donors (Lipinski definition) is 4. The summed E-state index contributed by atoms with van der Waals surface area (Å²) in [6.07, 6.45) is 6.91. The molecule has 0 saturated heterocycles. The summed E-state index contributed by atoms with van der Waals surface area (Å²) in [6.45, 7) is 1.55. The lowest BCUT2D eigenvalue weighted by molar-refractivity contribution is 0.677. The van der Waals surface area contributed by atoms with Crippen LogP contribution in [0, 0.1) is 5.41 Å². The van der Waals surface area contributed by atoms with Gasteiger partial charge in [-0.3, -0.25) is 5.41 Å². The lowest BCUT2D eigenvalue weighted by atomic mass is 10.2. The fourth-order valence-electron chi connectivity index (χ4n) is 2.91. The van der Waals surface area contributed by atoms with Crippen LogP contribution in [0.25, 0.3) is 23.1 Å². The quantitative estimate of drug-likeness (QED) is 0.187. The highest BCUT2D eigenvalue weighted by molar-refractivity contribution is 6.30. The zero-order valence-electron chi connectivity index (χ0n) is 17.0. The third-order valence-corrected chi connectivity index (χ3v) is 4.63. The number of nitrogens with two attached hydrogens (primary N) is 1. The van der Waals surface area contributed by atoms with Gasteiger partial charge in [0, 0.05) is 23.5 Å². The van der Waals surface area contributed by atoms with Crippen LogP contribution in [0.4, 0.5) is 5.82 Å². The van der Waals surface area contributed by atoms with Gasteiger partial charge in [0.05, 0.1) is 5.52 Å². The van der Waals surface area contributed by atoms with Gasteiger partial charge in [-0.15, -0.1) is 24.8 Å². The van der Waals surface area contributed by atoms with Gasteiger partial charge in [-0.25, -0.2) is 9.97 Å². The fraction of sp³-hybridized carbons (Fsp3) is 0.227. The minimum Gasteiger partial charge on any atom is -0.370 e. The molecular weight excluding hydrogens is 455 g/mol. The molecule has 0 saturated carbocycles. The fourth-order valence-corrected chi connectivity index (χ4v) is 3.03. The summed E-state index contributed by atoms with van der Waals surface area (Å²) in [5.41, 5.74) is 7.23. The molecule has 0 spiro atoms. The molecule has 9 heteroatoms. The van der Waals surface area contributed by atoms with Crippen LogP contribution in [0.15, 0.2) is 48.5 Å². The van der Waals surface area contributed by atoms with Crippen molar-refractivity contribution in [2.45, 2.75) is 19.3 Å². The highest BCUT2D eigenvalue weighted by Crippen LogP contribution is 2.21. The molecule has 31 heavy (non-hydrogen) atoms. The van der Waals surface area contributed by atoms with Crippen LogP contribution in [0.3, 0.4) is 0 Å². The monoisotopic (exact) mass is 480 g/mol. The molecular formula is C22H27Cl3N6. The first kappa shape index (κ1) is 26.5. The van der Waals surface area contributed by atoms with Gasteiger partial charge in [0.25, 0.3) is 0 Å². The molecule has 0 aliphatic carbocycles. The number of hydrogen-bond acceptors (Lipinski definition) is 4. The van der Waals surface area contributed by atoms with Gasteiger partial charge in [0.15, 0.2) is 11.8 Å². The molecule has 0 fully saturated rings. The van der Waals surface area contributed by atoms with E-state index in [-0.39, 0.29) is 30.8 Å². The first-order valence-corrected chi connectivity index (χ1v) is 10.0. The molecule has 3 aromatic rings. The van der Waals surface area contributed by atoms with Gasteiger partial charge in [0.2, 0.25) is 0 Å². The van der Waals surface area contributed by atoms with Gasteiger partial charge >= 0.3 is 0 Å². The largest absolute Gasteiger partial charge is 0.370 e. The Morgan fingerprint density at radius 3 is 2.39 bits per heavy atom. The number of fused-ring (bicyclic) bond motifs is 1. The first-order valence-electron chi connectivity index (χ1n) is 9.64. The van der Waals surface area contributed by atoms with E-state index < -0.39 is 0 Å². The van der Waals surface area contributed by atoms with E-state index in [4.69, 9.17) is 27.7 Å². The Balaban J connectivity index is 0.00000240. The van der Waals surface area contributed by atoms with Gasteiger partial charge in [-0.05, 0) is 55.2 Å². The van der Waals surface area contributed by atoms with Crippen LogP contribution in [-0.4, -0.2) is 29.0 Å². The number of nitrogens with one attached hydrogen (secondary N) is 3. The molecule has 0 bridgehead atoms. The Morgan fingerprint density at radius 2 is 1.65 bits per heavy atom. The molecule has 0 unspecified atom stereocenters. The molecule has 0 radical (unpaired) electrons. The Bertz CT molecular complexity index is 992. The number of para-hydroxylation sites is 1. The lowest BCUT2D eigenvalue weighted by Gasteiger charge is -2.10. The minimum absolute atomic E-state index is 0. The van der Waals surface area contributed by atoms with Gasteiger partial charge in [-0.2, -0.15) is 0 Å². The maximum absolute atomic E-state index is 7.15. The Morgan fingerprint density at radius 1 is 0.935 bits per heavy atom. The smallest absolute Gasteiger partial charge is 0.185 e. The van der Waals surface area contributed by atoms with Crippen molar-refractivity contribution >= 4 is 71.2 Å². The maximum Gasteiger partial charge on any atom is 0.185 e. The molecule has 1 aromatic heterocycles. The van der Waals surface area contributed by atoms with Crippen molar-refractivity contribution in [3.05, 3.63) is 64.9 Å². The van der Waals surface area contributed by atoms with Gasteiger partial charge < -0.3 is 16.4 Å². The number of rotatable bonds is 9. The van der Waals surface area contributed by atoms with E-state index in [1.165, 1.54) is 0 Å². The zero-order valence-corrected chi connectivity index (χ0v) is 19.4. The maximum atomic E-state index is 7.15. The predicted molar refractivity (Wildman–Crippen MR) is 137 cm³/mol. The minimum atomic E-state index is 0. The molecule has 6 nitrogen and oxygen atoms in total. The second kappa shape index (κ2) is 13.7. The Labute approximate surface area is 200 Å². The van der Waals surface area contributed by atoms with E-state index in [9.17, 15) is 0 Å². The van der Waals surface area contributed by atoms with E-state index in [0.717, 1.165) is 54.6 Å². The van der Waals surface area contributed by atoms with Crippen LogP contribution >= 0.6 is 36.4 Å². The van der Waals surface area contributed by atoms with E-state index in [1.807, 2.05) is 60.7 Å². The SMILES string of the molecule is Cl.Cl.N=C(N)NCCCCCNc1nc(C=Cc2ccc(Cl)cc2)nc2ccccc12. The number of guanidine groups is 1. The second-order valence-electron chi connectivity index (χ2n) is 6.66. The van der Waals surface area contributed by atoms with Crippen LogP contribution in [-0.2, 0) is 0 Å². The van der Waals surface area contributed by atoms with Crippen molar-refractivity contribution in [3.8, 4) is 0 Å². The number of benzene rings is 2. The number of anilines is 1. The lowest BCUT2D eigenvalue weighted by Crippen LogP contribution is -2.30. The molecule has 2 aromatic carbocycles. The topological polar surface area (TPSA) is 99.7 Å². The average molecular weight is 482 g/mol. The molecule has 0 amide bonds. The van der Waals surface area contributed by atoms with Crippen molar-refractivity contribution in [3.63, 3.8) is 0 Å². The van der Waals surface area contributed by atoms with Crippen LogP contribution in [0.1, 0.15) is 30.7 Å². The zero-order chi connectivity index (χ0) is 20.5. The summed E-state index contributed by atoms with van der Waals surface area (Å²) in [7, 11) is 0. The first-order chi connectivity index (χ1) is 14.1. The van der Waals surface area contributed by atoms with E-state index in [2.05, 4.69) is 15.6 Å². The van der Waals surface area contributed by atoms with Crippen molar-refractivity contribution in [2.75, 3.05) is 18.4 Å². The summed E-state index contributed by atoms with van der Waals surface area (Å²) in [5, 5.41) is 15.1. The highest BCUT2D eigenvalue weighted by Gasteiger charge is 2.05. The van der Waals surface area contributed by atoms with Gasteiger partial charge in [-0.1, -0.05) is 41.9 Å². The molecule has 3 rings (SSSR count). The van der Waals surface area contributed by atoms with Crippen LogP contribution in [0.2, 0.25) is 5.02 Å². The number of nitrogens with zero attached hydrogens (tertiary/aromatic N) is 2.